The van der Waals surface area contributed by atoms with Gasteiger partial charge in [0.1, 0.15) is 17.6 Å². The SMILES string of the molecule is CC(NC(=O)C1CCCN1C(=O)C(NC(=O)NC1(C(F)(F)c2ccccc2)CCCCC1)C(C)(C)C)C(=O)C(N)=O. The Bertz CT molecular complexity index is 1150. The first kappa shape index (κ1) is 32.0. The predicted octanol–water partition coefficient (Wildman–Crippen LogP) is 2.75. The van der Waals surface area contributed by atoms with E-state index in [9.17, 15) is 24.0 Å². The summed E-state index contributed by atoms with van der Waals surface area (Å²) < 4.78 is 31.9. The minimum Gasteiger partial charge on any atom is -0.363 e. The molecule has 2 fully saturated rings. The molecule has 1 aliphatic heterocycles. The number of nitrogens with two attached hydrogens (primary N) is 1. The summed E-state index contributed by atoms with van der Waals surface area (Å²) in [6.07, 6.45) is 2.78. The second-order valence-corrected chi connectivity index (χ2v) is 12.1. The quantitative estimate of drug-likeness (QED) is 0.333. The van der Waals surface area contributed by atoms with Gasteiger partial charge in [0.2, 0.25) is 17.6 Å². The van der Waals surface area contributed by atoms with Gasteiger partial charge in [-0.15, -0.1) is 0 Å². The average Bonchev–Trinajstić information content (AvgIpc) is 3.41. The van der Waals surface area contributed by atoms with Gasteiger partial charge in [0, 0.05) is 12.1 Å². The van der Waals surface area contributed by atoms with Crippen molar-refractivity contribution in [2.24, 2.45) is 11.1 Å². The van der Waals surface area contributed by atoms with Crippen molar-refractivity contribution in [3.05, 3.63) is 35.9 Å². The van der Waals surface area contributed by atoms with Crippen LogP contribution in [0.15, 0.2) is 30.3 Å². The number of hydrogen-bond donors (Lipinski definition) is 4. The van der Waals surface area contributed by atoms with E-state index in [1.807, 2.05) is 0 Å². The number of hydrogen-bond acceptors (Lipinski definition) is 5. The highest BCUT2D eigenvalue weighted by atomic mass is 19.3. The van der Waals surface area contributed by atoms with Crippen LogP contribution in [-0.4, -0.2) is 64.6 Å². The zero-order chi connectivity index (χ0) is 30.6. The maximum atomic E-state index is 16.0. The van der Waals surface area contributed by atoms with E-state index in [4.69, 9.17) is 5.73 Å². The molecule has 1 aliphatic carbocycles. The average molecular weight is 578 g/mol. The number of halogens is 2. The number of alkyl halides is 2. The van der Waals surface area contributed by atoms with E-state index in [1.165, 1.54) is 36.1 Å². The highest BCUT2D eigenvalue weighted by Crippen LogP contribution is 2.47. The van der Waals surface area contributed by atoms with Crippen molar-refractivity contribution in [2.75, 3.05) is 6.54 Å². The molecule has 1 aromatic rings. The molecule has 226 valence electrons. The fourth-order valence-corrected chi connectivity index (χ4v) is 5.69. The van der Waals surface area contributed by atoms with Gasteiger partial charge in [-0.1, -0.05) is 70.4 Å². The first-order valence-corrected chi connectivity index (χ1v) is 14.1. The molecule has 0 bridgehead atoms. The fraction of sp³-hybridized carbons (Fsp3) is 0.621. The van der Waals surface area contributed by atoms with E-state index in [2.05, 4.69) is 16.0 Å². The van der Waals surface area contributed by atoms with Crippen molar-refractivity contribution in [1.82, 2.24) is 20.9 Å². The van der Waals surface area contributed by atoms with Crippen LogP contribution in [0.5, 0.6) is 0 Å². The normalized spacial score (nSPS) is 20.4. The summed E-state index contributed by atoms with van der Waals surface area (Å²) in [5, 5.41) is 7.64. The number of nitrogens with one attached hydrogen (secondary N) is 3. The van der Waals surface area contributed by atoms with Crippen LogP contribution in [-0.2, 0) is 25.1 Å². The lowest BCUT2D eigenvalue weighted by atomic mass is 9.74. The van der Waals surface area contributed by atoms with Gasteiger partial charge in [0.05, 0.1) is 6.04 Å². The predicted molar refractivity (Wildman–Crippen MR) is 148 cm³/mol. The third-order valence-electron chi connectivity index (χ3n) is 8.02. The summed E-state index contributed by atoms with van der Waals surface area (Å²) in [6, 6.07) is 3.24. The molecule has 41 heavy (non-hydrogen) atoms. The lowest BCUT2D eigenvalue weighted by Crippen LogP contribution is -2.65. The van der Waals surface area contributed by atoms with E-state index in [0.717, 1.165) is 6.42 Å². The summed E-state index contributed by atoms with van der Waals surface area (Å²) in [5.74, 6) is -6.69. The van der Waals surface area contributed by atoms with E-state index in [-0.39, 0.29) is 24.9 Å². The summed E-state index contributed by atoms with van der Waals surface area (Å²) in [7, 11) is 0. The Morgan fingerprint density at radius 1 is 0.976 bits per heavy atom. The summed E-state index contributed by atoms with van der Waals surface area (Å²) in [5.41, 5.74) is 2.15. The fourth-order valence-electron chi connectivity index (χ4n) is 5.69. The number of urea groups is 1. The van der Waals surface area contributed by atoms with Crippen molar-refractivity contribution in [3.63, 3.8) is 0 Å². The van der Waals surface area contributed by atoms with Crippen LogP contribution < -0.4 is 21.7 Å². The number of likely N-dealkylation sites (tertiary alicyclic amines) is 1. The zero-order valence-corrected chi connectivity index (χ0v) is 24.1. The molecule has 0 aromatic heterocycles. The molecule has 0 spiro atoms. The molecular weight excluding hydrogens is 536 g/mol. The number of nitrogens with zero attached hydrogens (tertiary/aromatic N) is 1. The van der Waals surface area contributed by atoms with Crippen LogP contribution >= 0.6 is 0 Å². The molecule has 0 radical (unpaired) electrons. The molecule has 5 N–H and O–H groups in total. The molecule has 1 saturated carbocycles. The molecule has 3 atom stereocenters. The standard InChI is InChI=1S/C29H41F2N5O5/c1-18(21(37)23(32)38)33-24(39)20-14-11-17-36(20)25(40)22(27(2,3)4)34-26(41)35-28(15-9-6-10-16-28)29(30,31)19-12-7-5-8-13-19/h5,7-8,12-13,18,20,22H,6,9-11,14-17H2,1-4H3,(H2,32,38)(H,33,39)(H2,34,35,41). The van der Waals surface area contributed by atoms with Crippen molar-refractivity contribution >= 4 is 29.5 Å². The molecule has 1 saturated heterocycles. The Morgan fingerprint density at radius 3 is 2.15 bits per heavy atom. The molecular formula is C29H41F2N5O5. The largest absolute Gasteiger partial charge is 0.363 e. The third kappa shape index (κ3) is 7.02. The Morgan fingerprint density at radius 2 is 1.59 bits per heavy atom. The Kier molecular flexibility index (Phi) is 9.76. The number of amides is 5. The van der Waals surface area contributed by atoms with E-state index in [1.54, 1.807) is 26.8 Å². The lowest BCUT2D eigenvalue weighted by Gasteiger charge is -2.44. The van der Waals surface area contributed by atoms with Crippen molar-refractivity contribution in [3.8, 4) is 0 Å². The van der Waals surface area contributed by atoms with Gasteiger partial charge in [-0.25, -0.2) is 4.79 Å². The molecule has 2 aliphatic rings. The van der Waals surface area contributed by atoms with Gasteiger partial charge in [0.25, 0.3) is 11.8 Å². The number of primary amides is 1. The monoisotopic (exact) mass is 577 g/mol. The minimum atomic E-state index is -3.36. The van der Waals surface area contributed by atoms with Gasteiger partial charge < -0.3 is 26.6 Å². The molecule has 10 nitrogen and oxygen atoms in total. The number of rotatable bonds is 9. The van der Waals surface area contributed by atoms with E-state index >= 15 is 8.78 Å². The summed E-state index contributed by atoms with van der Waals surface area (Å²) in [6.45, 7) is 6.72. The van der Waals surface area contributed by atoms with Gasteiger partial charge >= 0.3 is 6.03 Å². The number of benzene rings is 1. The van der Waals surface area contributed by atoms with Crippen molar-refractivity contribution < 1.29 is 32.8 Å². The second-order valence-electron chi connectivity index (χ2n) is 12.1. The third-order valence-corrected chi connectivity index (χ3v) is 8.02. The smallest absolute Gasteiger partial charge is 0.316 e. The van der Waals surface area contributed by atoms with Crippen LogP contribution in [0, 0.1) is 5.41 Å². The first-order chi connectivity index (χ1) is 19.1. The van der Waals surface area contributed by atoms with E-state index < -0.39 is 64.5 Å². The molecule has 3 rings (SSSR count). The van der Waals surface area contributed by atoms with Crippen LogP contribution in [0.4, 0.5) is 13.6 Å². The van der Waals surface area contributed by atoms with Gasteiger partial charge in [-0.05, 0) is 38.0 Å². The first-order valence-electron chi connectivity index (χ1n) is 14.1. The molecule has 12 heteroatoms. The van der Waals surface area contributed by atoms with E-state index in [0.29, 0.717) is 25.7 Å². The van der Waals surface area contributed by atoms with Gasteiger partial charge in [-0.3, -0.25) is 19.2 Å². The van der Waals surface area contributed by atoms with Gasteiger partial charge in [-0.2, -0.15) is 8.78 Å². The highest BCUT2D eigenvalue weighted by molar-refractivity contribution is 6.37. The topological polar surface area (TPSA) is 151 Å². The summed E-state index contributed by atoms with van der Waals surface area (Å²) in [4.78, 5) is 64.5. The van der Waals surface area contributed by atoms with Gasteiger partial charge in [0.15, 0.2) is 0 Å². The van der Waals surface area contributed by atoms with Crippen LogP contribution in [0.2, 0.25) is 0 Å². The van der Waals surface area contributed by atoms with Crippen LogP contribution in [0.3, 0.4) is 0 Å². The zero-order valence-electron chi connectivity index (χ0n) is 24.1. The molecule has 1 heterocycles. The maximum absolute atomic E-state index is 16.0. The minimum absolute atomic E-state index is 0.0764. The van der Waals surface area contributed by atoms with Crippen molar-refractivity contribution in [2.45, 2.75) is 102 Å². The van der Waals surface area contributed by atoms with Crippen LogP contribution in [0.25, 0.3) is 0 Å². The highest BCUT2D eigenvalue weighted by Gasteiger charge is 2.56. The molecule has 3 unspecified atom stereocenters. The number of ketones is 1. The maximum Gasteiger partial charge on any atom is 0.316 e. The number of carbonyl (C=O) groups excluding carboxylic acids is 5. The van der Waals surface area contributed by atoms with Crippen LogP contribution in [0.1, 0.15) is 78.2 Å². The Labute approximate surface area is 239 Å². The summed E-state index contributed by atoms with van der Waals surface area (Å²) >= 11 is 0. The second kappa shape index (κ2) is 12.5. The number of Topliss-reactive ketones (excluding diaryl/α,β-unsaturated/α-hetero) is 1. The number of carbonyl (C=O) groups is 5. The molecule has 5 amide bonds. The van der Waals surface area contributed by atoms with Crippen molar-refractivity contribution in [1.29, 1.82) is 0 Å². The lowest BCUT2D eigenvalue weighted by molar-refractivity contribution is -0.143. The molecule has 1 aromatic carbocycles. The Balaban J connectivity index is 1.80. The Hall–Kier alpha value is -3.57.